The van der Waals surface area contributed by atoms with Crippen LogP contribution >= 0.6 is 0 Å². The summed E-state index contributed by atoms with van der Waals surface area (Å²) in [6, 6.07) is 8.06. The number of rotatable bonds is 5. The first-order valence-electron chi connectivity index (χ1n) is 5.62. The van der Waals surface area contributed by atoms with Gasteiger partial charge in [-0.3, -0.25) is 0 Å². The molecule has 1 N–H and O–H groups in total. The number of nitrogens with zero attached hydrogens (tertiary/aromatic N) is 1. The van der Waals surface area contributed by atoms with Gasteiger partial charge in [-0.05, 0) is 18.4 Å². The number of para-hydroxylation sites is 1. The third-order valence-electron chi connectivity index (χ3n) is 2.72. The maximum Gasteiger partial charge on any atom is 0.0702 e. The lowest BCUT2D eigenvalue weighted by Gasteiger charge is -2.08. The fraction of sp³-hybridized carbons (Fsp3) is 0.385. The van der Waals surface area contributed by atoms with E-state index in [1.807, 2.05) is 25.3 Å². The molecule has 16 heavy (non-hydrogen) atoms. The Kier molecular flexibility index (Phi) is 3.59. The zero-order valence-corrected chi connectivity index (χ0v) is 9.52. The largest absolute Gasteiger partial charge is 0.392 e. The molecule has 1 aromatic carbocycles. The number of hydrogen-bond acceptors (Lipinski definition) is 2. The van der Waals surface area contributed by atoms with Crippen molar-refractivity contribution in [2.75, 3.05) is 13.2 Å². The zero-order valence-electron chi connectivity index (χ0n) is 9.52. The topological polar surface area (TPSA) is 34.4 Å². The van der Waals surface area contributed by atoms with Crippen LogP contribution in [0.25, 0.3) is 10.9 Å². The molecule has 0 bridgehead atoms. The highest BCUT2D eigenvalue weighted by Crippen LogP contribution is 2.20. The number of aliphatic hydroxyl groups excluding tert-OH is 1. The van der Waals surface area contributed by atoms with E-state index in [-0.39, 0.29) is 6.61 Å². The van der Waals surface area contributed by atoms with Crippen LogP contribution in [-0.4, -0.2) is 22.9 Å². The van der Waals surface area contributed by atoms with Gasteiger partial charge in [-0.25, -0.2) is 0 Å². The van der Waals surface area contributed by atoms with Crippen molar-refractivity contribution < 1.29 is 9.84 Å². The molecule has 86 valence electrons. The van der Waals surface area contributed by atoms with Crippen LogP contribution < -0.4 is 0 Å². The van der Waals surface area contributed by atoms with Crippen molar-refractivity contribution in [1.82, 2.24) is 4.57 Å². The van der Waals surface area contributed by atoms with E-state index in [0.29, 0.717) is 6.61 Å². The molecular formula is C13H17NO2. The normalized spacial score (nSPS) is 11.1. The van der Waals surface area contributed by atoms with Gasteiger partial charge >= 0.3 is 0 Å². The predicted molar refractivity (Wildman–Crippen MR) is 64.4 cm³/mol. The summed E-state index contributed by atoms with van der Waals surface area (Å²) in [5.74, 6) is 0. The summed E-state index contributed by atoms with van der Waals surface area (Å²) in [6.45, 7) is 4.35. The first-order chi connectivity index (χ1) is 7.86. The average Bonchev–Trinajstić information content (AvgIpc) is 2.73. The summed E-state index contributed by atoms with van der Waals surface area (Å²) in [5, 5.41) is 10.5. The Bertz CT molecular complexity index is 462. The third kappa shape index (κ3) is 2.10. The molecule has 0 saturated heterocycles. The maximum atomic E-state index is 9.31. The van der Waals surface area contributed by atoms with Gasteiger partial charge in [-0.15, -0.1) is 0 Å². The van der Waals surface area contributed by atoms with E-state index in [9.17, 15) is 5.11 Å². The number of ether oxygens (including phenoxy) is 1. The van der Waals surface area contributed by atoms with Crippen molar-refractivity contribution >= 4 is 10.9 Å². The SMILES string of the molecule is CCOCCn1ccc2cccc(CO)c21. The van der Waals surface area contributed by atoms with E-state index in [1.54, 1.807) is 0 Å². The van der Waals surface area contributed by atoms with Gasteiger partial charge in [0.15, 0.2) is 0 Å². The highest BCUT2D eigenvalue weighted by molar-refractivity contribution is 5.83. The van der Waals surface area contributed by atoms with Gasteiger partial charge in [0.2, 0.25) is 0 Å². The molecule has 0 unspecified atom stereocenters. The minimum Gasteiger partial charge on any atom is -0.392 e. The van der Waals surface area contributed by atoms with Crippen molar-refractivity contribution in [3.05, 3.63) is 36.0 Å². The monoisotopic (exact) mass is 219 g/mol. The molecule has 0 radical (unpaired) electrons. The Morgan fingerprint density at radius 1 is 1.31 bits per heavy atom. The average molecular weight is 219 g/mol. The van der Waals surface area contributed by atoms with Crippen LogP contribution in [0, 0.1) is 0 Å². The second kappa shape index (κ2) is 5.14. The van der Waals surface area contributed by atoms with E-state index in [2.05, 4.69) is 16.7 Å². The van der Waals surface area contributed by atoms with Gasteiger partial charge in [0.1, 0.15) is 0 Å². The highest BCUT2D eigenvalue weighted by atomic mass is 16.5. The number of fused-ring (bicyclic) bond motifs is 1. The molecule has 2 rings (SSSR count). The molecular weight excluding hydrogens is 202 g/mol. The van der Waals surface area contributed by atoms with Crippen LogP contribution in [0.1, 0.15) is 12.5 Å². The minimum absolute atomic E-state index is 0.0794. The van der Waals surface area contributed by atoms with E-state index in [4.69, 9.17) is 4.74 Å². The van der Waals surface area contributed by atoms with Gasteiger partial charge in [-0.2, -0.15) is 0 Å². The standard InChI is InChI=1S/C13H17NO2/c1-2-16-9-8-14-7-6-11-4-3-5-12(10-15)13(11)14/h3-7,15H,2,8-10H2,1H3. The number of benzene rings is 1. The fourth-order valence-corrected chi connectivity index (χ4v) is 1.96. The second-order valence-corrected chi connectivity index (χ2v) is 3.72. The minimum atomic E-state index is 0.0794. The molecule has 3 nitrogen and oxygen atoms in total. The Labute approximate surface area is 95.3 Å². The molecule has 1 heterocycles. The molecule has 0 fully saturated rings. The number of hydrogen-bond donors (Lipinski definition) is 1. The summed E-state index contributed by atoms with van der Waals surface area (Å²) in [7, 11) is 0. The molecule has 1 aromatic heterocycles. The van der Waals surface area contributed by atoms with Crippen LogP contribution in [0.2, 0.25) is 0 Å². The van der Waals surface area contributed by atoms with E-state index in [1.165, 1.54) is 5.39 Å². The predicted octanol–water partition coefficient (Wildman–Crippen LogP) is 2.17. The summed E-state index contributed by atoms with van der Waals surface area (Å²) >= 11 is 0. The van der Waals surface area contributed by atoms with Gasteiger partial charge in [0.25, 0.3) is 0 Å². The van der Waals surface area contributed by atoms with Crippen molar-refractivity contribution in [3.63, 3.8) is 0 Å². The van der Waals surface area contributed by atoms with E-state index >= 15 is 0 Å². The molecule has 0 saturated carbocycles. The van der Waals surface area contributed by atoms with E-state index in [0.717, 1.165) is 24.2 Å². The van der Waals surface area contributed by atoms with Crippen LogP contribution in [-0.2, 0) is 17.9 Å². The van der Waals surface area contributed by atoms with Crippen molar-refractivity contribution in [2.24, 2.45) is 0 Å². The van der Waals surface area contributed by atoms with Crippen LogP contribution in [0.15, 0.2) is 30.5 Å². The molecule has 0 aliphatic carbocycles. The summed E-state index contributed by atoms with van der Waals surface area (Å²) in [5.41, 5.74) is 2.09. The molecule has 2 aromatic rings. The van der Waals surface area contributed by atoms with Crippen molar-refractivity contribution in [2.45, 2.75) is 20.1 Å². The lowest BCUT2D eigenvalue weighted by Crippen LogP contribution is -2.05. The number of aromatic nitrogens is 1. The van der Waals surface area contributed by atoms with E-state index < -0.39 is 0 Å². The Morgan fingerprint density at radius 2 is 2.19 bits per heavy atom. The summed E-state index contributed by atoms with van der Waals surface area (Å²) in [6.07, 6.45) is 2.04. The summed E-state index contributed by atoms with van der Waals surface area (Å²) < 4.78 is 7.48. The highest BCUT2D eigenvalue weighted by Gasteiger charge is 2.05. The Balaban J connectivity index is 2.30. The molecule has 3 heteroatoms. The Morgan fingerprint density at radius 3 is 2.94 bits per heavy atom. The van der Waals surface area contributed by atoms with Gasteiger partial charge in [-0.1, -0.05) is 18.2 Å². The quantitative estimate of drug-likeness (QED) is 0.782. The molecule has 0 amide bonds. The fourth-order valence-electron chi connectivity index (χ4n) is 1.96. The number of aliphatic hydroxyl groups is 1. The van der Waals surface area contributed by atoms with Gasteiger partial charge in [0, 0.05) is 24.9 Å². The molecule has 0 aliphatic heterocycles. The molecule has 0 spiro atoms. The second-order valence-electron chi connectivity index (χ2n) is 3.72. The van der Waals surface area contributed by atoms with Crippen LogP contribution in [0.5, 0.6) is 0 Å². The first kappa shape index (κ1) is 11.2. The van der Waals surface area contributed by atoms with Crippen LogP contribution in [0.3, 0.4) is 0 Å². The zero-order chi connectivity index (χ0) is 11.4. The summed E-state index contributed by atoms with van der Waals surface area (Å²) in [4.78, 5) is 0. The third-order valence-corrected chi connectivity index (χ3v) is 2.72. The Hall–Kier alpha value is -1.32. The lowest BCUT2D eigenvalue weighted by atomic mass is 10.1. The molecule has 0 aliphatic rings. The first-order valence-corrected chi connectivity index (χ1v) is 5.62. The molecule has 0 atom stereocenters. The van der Waals surface area contributed by atoms with Crippen LogP contribution in [0.4, 0.5) is 0 Å². The van der Waals surface area contributed by atoms with Crippen molar-refractivity contribution in [1.29, 1.82) is 0 Å². The van der Waals surface area contributed by atoms with Gasteiger partial charge in [0.05, 0.1) is 18.7 Å². The van der Waals surface area contributed by atoms with Gasteiger partial charge < -0.3 is 14.4 Å². The van der Waals surface area contributed by atoms with Crippen molar-refractivity contribution in [3.8, 4) is 0 Å². The smallest absolute Gasteiger partial charge is 0.0702 e. The maximum absolute atomic E-state index is 9.31. The lowest BCUT2D eigenvalue weighted by molar-refractivity contribution is 0.140.